The van der Waals surface area contributed by atoms with Crippen LogP contribution in [0.25, 0.3) is 10.9 Å². The maximum atomic E-state index is 10.8. The van der Waals surface area contributed by atoms with E-state index >= 15 is 0 Å². The van der Waals surface area contributed by atoms with Crippen LogP contribution in [0.4, 0.5) is 0 Å². The van der Waals surface area contributed by atoms with Gasteiger partial charge in [-0.25, -0.2) is 0 Å². The van der Waals surface area contributed by atoms with Crippen LogP contribution in [0.3, 0.4) is 0 Å². The van der Waals surface area contributed by atoms with E-state index in [1.165, 1.54) is 0 Å². The summed E-state index contributed by atoms with van der Waals surface area (Å²) >= 11 is 11.9. The molecule has 0 radical (unpaired) electrons. The third kappa shape index (κ3) is 1.88. The van der Waals surface area contributed by atoms with Crippen molar-refractivity contribution in [3.63, 3.8) is 0 Å². The zero-order chi connectivity index (χ0) is 11.9. The third-order valence-electron chi connectivity index (χ3n) is 2.51. The lowest BCUT2D eigenvalue weighted by molar-refractivity contribution is -0.138. The molecule has 0 bridgehead atoms. The number of carboxylic acids is 1. The van der Waals surface area contributed by atoms with Gasteiger partial charge in [-0.05, 0) is 25.1 Å². The molecule has 0 aliphatic rings. The Labute approximate surface area is 102 Å². The van der Waals surface area contributed by atoms with E-state index in [-0.39, 0.29) is 0 Å². The maximum Gasteiger partial charge on any atom is 0.312 e. The fraction of sp³-hybridized carbons (Fsp3) is 0.182. The molecule has 5 heteroatoms. The number of carboxylic acid groups (broad SMARTS) is 1. The molecule has 3 nitrogen and oxygen atoms in total. The molecule has 0 spiro atoms. The number of benzene rings is 1. The third-order valence-corrected chi connectivity index (χ3v) is 3.04. The molecule has 2 N–H and O–H groups in total. The summed E-state index contributed by atoms with van der Waals surface area (Å²) in [6.07, 6.45) is 0. The molecule has 0 aliphatic carbocycles. The quantitative estimate of drug-likeness (QED) is 0.863. The SMILES string of the molecule is CC(C(=O)O)c1cc2c(Cl)cc(Cl)cc2[nH]1. The molecule has 2 rings (SSSR count). The number of hydrogen-bond donors (Lipinski definition) is 2. The minimum Gasteiger partial charge on any atom is -0.481 e. The standard InChI is InChI=1S/C11H9Cl2NO2/c1-5(11(15)16)9-4-7-8(13)2-6(12)3-10(7)14-9/h2-5,14H,1H3,(H,15,16). The summed E-state index contributed by atoms with van der Waals surface area (Å²) in [5, 5.41) is 10.7. The molecule has 0 amide bonds. The highest BCUT2D eigenvalue weighted by Gasteiger charge is 2.17. The van der Waals surface area contributed by atoms with Gasteiger partial charge in [0.25, 0.3) is 0 Å². The minimum atomic E-state index is -0.881. The minimum absolute atomic E-state index is 0.516. The van der Waals surface area contributed by atoms with Crippen LogP contribution in [-0.4, -0.2) is 16.1 Å². The number of fused-ring (bicyclic) bond motifs is 1. The topological polar surface area (TPSA) is 53.1 Å². The first-order valence-corrected chi connectivity index (χ1v) is 5.45. The fourth-order valence-electron chi connectivity index (χ4n) is 1.55. The van der Waals surface area contributed by atoms with Crippen molar-refractivity contribution in [2.45, 2.75) is 12.8 Å². The number of aromatic amines is 1. The van der Waals surface area contributed by atoms with Gasteiger partial charge in [-0.1, -0.05) is 23.2 Å². The summed E-state index contributed by atoms with van der Waals surface area (Å²) in [5.41, 5.74) is 1.37. The van der Waals surface area contributed by atoms with Crippen LogP contribution < -0.4 is 0 Å². The van der Waals surface area contributed by atoms with Crippen LogP contribution in [0.5, 0.6) is 0 Å². The number of aromatic nitrogens is 1. The lowest BCUT2D eigenvalue weighted by atomic mass is 10.1. The molecular weight excluding hydrogens is 249 g/mol. The summed E-state index contributed by atoms with van der Waals surface area (Å²) in [7, 11) is 0. The van der Waals surface area contributed by atoms with Crippen LogP contribution in [-0.2, 0) is 4.79 Å². The Morgan fingerprint density at radius 3 is 2.69 bits per heavy atom. The van der Waals surface area contributed by atoms with Crippen LogP contribution in [0.1, 0.15) is 18.5 Å². The molecule has 0 saturated heterocycles. The molecule has 1 atom stereocenters. The van der Waals surface area contributed by atoms with Gasteiger partial charge in [0.15, 0.2) is 0 Å². The first-order chi connectivity index (χ1) is 7.49. The van der Waals surface area contributed by atoms with E-state index in [9.17, 15) is 4.79 Å². The van der Waals surface area contributed by atoms with E-state index in [0.29, 0.717) is 15.7 Å². The van der Waals surface area contributed by atoms with Crippen molar-refractivity contribution in [1.29, 1.82) is 0 Å². The van der Waals surface area contributed by atoms with Gasteiger partial charge in [0.05, 0.1) is 10.9 Å². The highest BCUT2D eigenvalue weighted by molar-refractivity contribution is 6.38. The molecule has 16 heavy (non-hydrogen) atoms. The van der Waals surface area contributed by atoms with Crippen molar-refractivity contribution in [3.8, 4) is 0 Å². The van der Waals surface area contributed by atoms with Crippen molar-refractivity contribution in [3.05, 3.63) is 33.9 Å². The largest absolute Gasteiger partial charge is 0.481 e. The van der Waals surface area contributed by atoms with Gasteiger partial charge in [-0.3, -0.25) is 4.79 Å². The highest BCUT2D eigenvalue weighted by Crippen LogP contribution is 2.30. The second-order valence-corrected chi connectivity index (χ2v) is 4.48. The summed E-state index contributed by atoms with van der Waals surface area (Å²) in [4.78, 5) is 13.9. The Morgan fingerprint density at radius 1 is 1.38 bits per heavy atom. The van der Waals surface area contributed by atoms with E-state index in [1.807, 2.05) is 0 Å². The molecule has 2 aromatic rings. The molecule has 1 aromatic carbocycles. The zero-order valence-corrected chi connectivity index (χ0v) is 9.93. The predicted octanol–water partition coefficient (Wildman–Crippen LogP) is 3.66. The molecule has 1 heterocycles. The Kier molecular flexibility index (Phi) is 2.82. The Morgan fingerprint density at radius 2 is 2.06 bits per heavy atom. The summed E-state index contributed by atoms with van der Waals surface area (Å²) in [6, 6.07) is 5.10. The maximum absolute atomic E-state index is 10.8. The number of halogens is 2. The number of H-pyrrole nitrogens is 1. The van der Waals surface area contributed by atoms with Gasteiger partial charge < -0.3 is 10.1 Å². The molecule has 1 unspecified atom stereocenters. The monoisotopic (exact) mass is 257 g/mol. The van der Waals surface area contributed by atoms with E-state index < -0.39 is 11.9 Å². The van der Waals surface area contributed by atoms with Crippen molar-refractivity contribution in [2.75, 3.05) is 0 Å². The number of carbonyl (C=O) groups is 1. The van der Waals surface area contributed by atoms with Crippen molar-refractivity contribution >= 4 is 40.1 Å². The first-order valence-electron chi connectivity index (χ1n) is 4.69. The lowest BCUT2D eigenvalue weighted by Crippen LogP contribution is -2.07. The van der Waals surface area contributed by atoms with Gasteiger partial charge in [-0.15, -0.1) is 0 Å². The van der Waals surface area contributed by atoms with Crippen molar-refractivity contribution < 1.29 is 9.90 Å². The number of hydrogen-bond acceptors (Lipinski definition) is 1. The Bertz CT molecular complexity index is 562. The lowest BCUT2D eigenvalue weighted by Gasteiger charge is -2.01. The van der Waals surface area contributed by atoms with Crippen LogP contribution >= 0.6 is 23.2 Å². The second kappa shape index (κ2) is 4.00. The smallest absolute Gasteiger partial charge is 0.312 e. The Hall–Kier alpha value is -1.19. The van der Waals surface area contributed by atoms with Gasteiger partial charge >= 0.3 is 5.97 Å². The normalized spacial score (nSPS) is 12.9. The fourth-order valence-corrected chi connectivity index (χ4v) is 2.10. The molecule has 0 aliphatic heterocycles. The van der Waals surface area contributed by atoms with Crippen LogP contribution in [0.2, 0.25) is 10.0 Å². The van der Waals surface area contributed by atoms with Crippen LogP contribution in [0, 0.1) is 0 Å². The van der Waals surface area contributed by atoms with Crippen molar-refractivity contribution in [2.24, 2.45) is 0 Å². The number of nitrogens with one attached hydrogen (secondary N) is 1. The molecular formula is C11H9Cl2NO2. The van der Waals surface area contributed by atoms with Gasteiger partial charge in [-0.2, -0.15) is 0 Å². The van der Waals surface area contributed by atoms with E-state index in [1.54, 1.807) is 25.1 Å². The molecule has 84 valence electrons. The van der Waals surface area contributed by atoms with E-state index in [0.717, 1.165) is 10.9 Å². The average molecular weight is 258 g/mol. The van der Waals surface area contributed by atoms with Gasteiger partial charge in [0.2, 0.25) is 0 Å². The molecule has 1 aromatic heterocycles. The van der Waals surface area contributed by atoms with Crippen LogP contribution in [0.15, 0.2) is 18.2 Å². The van der Waals surface area contributed by atoms with E-state index in [4.69, 9.17) is 28.3 Å². The number of rotatable bonds is 2. The Balaban J connectivity index is 2.60. The summed E-state index contributed by atoms with van der Waals surface area (Å²) in [5.74, 6) is -1.48. The second-order valence-electron chi connectivity index (χ2n) is 3.63. The first kappa shape index (κ1) is 11.3. The average Bonchev–Trinajstić information content (AvgIpc) is 2.60. The predicted molar refractivity (Wildman–Crippen MR) is 64.4 cm³/mol. The molecule has 0 saturated carbocycles. The van der Waals surface area contributed by atoms with Gasteiger partial charge in [0.1, 0.15) is 0 Å². The highest BCUT2D eigenvalue weighted by atomic mass is 35.5. The van der Waals surface area contributed by atoms with Gasteiger partial charge in [0, 0.05) is 21.6 Å². The summed E-state index contributed by atoms with van der Waals surface area (Å²) in [6.45, 7) is 1.61. The zero-order valence-electron chi connectivity index (χ0n) is 8.42. The van der Waals surface area contributed by atoms with Crippen molar-refractivity contribution in [1.82, 2.24) is 4.98 Å². The molecule has 0 fully saturated rings. The summed E-state index contributed by atoms with van der Waals surface area (Å²) < 4.78 is 0. The van der Waals surface area contributed by atoms with E-state index in [2.05, 4.69) is 4.98 Å². The number of aliphatic carboxylic acids is 1.